The third kappa shape index (κ3) is 3.00. The normalized spacial score (nSPS) is 22.1. The van der Waals surface area contributed by atoms with Gasteiger partial charge in [-0.2, -0.15) is 0 Å². The lowest BCUT2D eigenvalue weighted by atomic mass is 9.89. The van der Waals surface area contributed by atoms with Gasteiger partial charge in [-0.05, 0) is 37.3 Å². The van der Waals surface area contributed by atoms with Crippen molar-refractivity contribution < 1.29 is 28.5 Å². The van der Waals surface area contributed by atoms with Crippen LogP contribution >= 0.6 is 0 Å². The molecule has 2 aliphatic rings. The number of hydrogen-bond acceptors (Lipinski definition) is 6. The molecule has 1 fully saturated rings. The summed E-state index contributed by atoms with van der Waals surface area (Å²) in [6, 6.07) is 9.78. The third-order valence-corrected chi connectivity index (χ3v) is 5.32. The van der Waals surface area contributed by atoms with Gasteiger partial charge >= 0.3 is 12.0 Å². The van der Waals surface area contributed by atoms with Crippen LogP contribution in [0.2, 0.25) is 0 Å². The second kappa shape index (κ2) is 6.88. The molecule has 2 heterocycles. The van der Waals surface area contributed by atoms with Gasteiger partial charge in [-0.15, -0.1) is 0 Å². The maximum Gasteiger partial charge on any atom is 0.337 e. The number of rotatable bonds is 4. The summed E-state index contributed by atoms with van der Waals surface area (Å²) in [7, 11) is 4.43. The Balaban J connectivity index is 1.74. The van der Waals surface area contributed by atoms with Crippen LogP contribution in [0.25, 0.3) is 0 Å². The van der Waals surface area contributed by atoms with Crippen LogP contribution in [0.1, 0.15) is 35.3 Å². The molecule has 2 bridgehead atoms. The van der Waals surface area contributed by atoms with Gasteiger partial charge in [-0.1, -0.05) is 0 Å². The van der Waals surface area contributed by atoms with E-state index in [9.17, 15) is 9.59 Å². The van der Waals surface area contributed by atoms with E-state index in [2.05, 4.69) is 5.32 Å². The van der Waals surface area contributed by atoms with Crippen molar-refractivity contribution in [2.24, 2.45) is 0 Å². The van der Waals surface area contributed by atoms with Gasteiger partial charge in [0.25, 0.3) is 0 Å². The Hall–Kier alpha value is -3.42. The predicted octanol–water partition coefficient (Wildman–Crippen LogP) is 3.26. The highest BCUT2D eigenvalue weighted by atomic mass is 16.5. The number of fused-ring (bicyclic) bond motifs is 4. The van der Waals surface area contributed by atoms with Crippen molar-refractivity contribution in [3.8, 4) is 17.2 Å². The fourth-order valence-electron chi connectivity index (χ4n) is 3.97. The van der Waals surface area contributed by atoms with Gasteiger partial charge in [-0.3, -0.25) is 4.90 Å². The summed E-state index contributed by atoms with van der Waals surface area (Å²) in [4.78, 5) is 26.5. The van der Waals surface area contributed by atoms with Crippen LogP contribution in [0.15, 0.2) is 36.4 Å². The first kappa shape index (κ1) is 18.9. The molecule has 1 N–H and O–H groups in total. The molecule has 0 aromatic heterocycles. The summed E-state index contributed by atoms with van der Waals surface area (Å²) in [5.41, 5.74) is 0.878. The molecule has 4 rings (SSSR count). The summed E-state index contributed by atoms with van der Waals surface area (Å²) in [5, 5.41) is 3.01. The maximum absolute atomic E-state index is 13.0. The third-order valence-electron chi connectivity index (χ3n) is 5.32. The molecule has 152 valence electrons. The number of esters is 1. The molecule has 1 saturated heterocycles. The van der Waals surface area contributed by atoms with Crippen LogP contribution < -0.4 is 24.4 Å². The van der Waals surface area contributed by atoms with E-state index in [1.807, 2.05) is 6.92 Å². The monoisotopic (exact) mass is 398 g/mol. The van der Waals surface area contributed by atoms with Gasteiger partial charge < -0.3 is 24.3 Å². The molecule has 2 aromatic carbocycles. The predicted molar refractivity (Wildman–Crippen MR) is 105 cm³/mol. The number of anilines is 1. The zero-order valence-electron chi connectivity index (χ0n) is 16.6. The molecule has 2 unspecified atom stereocenters. The molecular formula is C21H22N2O6. The van der Waals surface area contributed by atoms with Gasteiger partial charge in [0.05, 0.1) is 38.6 Å². The van der Waals surface area contributed by atoms with E-state index >= 15 is 0 Å². The van der Waals surface area contributed by atoms with Crippen LogP contribution in [0, 0.1) is 0 Å². The Bertz CT molecular complexity index is 991. The van der Waals surface area contributed by atoms with Gasteiger partial charge in [0.2, 0.25) is 0 Å². The number of ether oxygens (including phenoxy) is 4. The van der Waals surface area contributed by atoms with E-state index in [1.54, 1.807) is 55.5 Å². The Morgan fingerprint density at radius 3 is 2.59 bits per heavy atom. The largest absolute Gasteiger partial charge is 0.493 e. The van der Waals surface area contributed by atoms with E-state index in [0.717, 1.165) is 5.56 Å². The highest BCUT2D eigenvalue weighted by Crippen LogP contribution is 2.46. The lowest BCUT2D eigenvalue weighted by molar-refractivity contribution is 0.0377. The first-order valence-corrected chi connectivity index (χ1v) is 9.14. The molecule has 0 spiro atoms. The second-order valence-electron chi connectivity index (χ2n) is 7.10. The van der Waals surface area contributed by atoms with Crippen LogP contribution in [0.5, 0.6) is 17.2 Å². The molecule has 0 aliphatic carbocycles. The summed E-state index contributed by atoms with van der Waals surface area (Å²) >= 11 is 0. The number of amides is 2. The standard InChI is InChI=1S/C21H22N2O6/c1-21-11-15(14-9-12(19(24)28-4)5-7-16(14)29-21)22-20(25)23(21)13-6-8-17(26-2)18(10-13)27-3/h5-10,15H,11H2,1-4H3,(H,22,25). The quantitative estimate of drug-likeness (QED) is 0.796. The topological polar surface area (TPSA) is 86.3 Å². The molecule has 2 aliphatic heterocycles. The number of urea groups is 1. The zero-order valence-corrected chi connectivity index (χ0v) is 16.6. The minimum atomic E-state index is -0.910. The molecule has 2 amide bonds. The number of hydrogen-bond donors (Lipinski definition) is 1. The van der Waals surface area contributed by atoms with Crippen molar-refractivity contribution in [1.29, 1.82) is 0 Å². The lowest BCUT2D eigenvalue weighted by Gasteiger charge is -2.50. The molecule has 29 heavy (non-hydrogen) atoms. The van der Waals surface area contributed by atoms with Gasteiger partial charge in [0.1, 0.15) is 5.75 Å². The highest BCUT2D eigenvalue weighted by molar-refractivity contribution is 5.95. The lowest BCUT2D eigenvalue weighted by Crippen LogP contribution is -2.65. The minimum Gasteiger partial charge on any atom is -0.493 e. The van der Waals surface area contributed by atoms with Crippen molar-refractivity contribution in [3.63, 3.8) is 0 Å². The van der Waals surface area contributed by atoms with Crippen molar-refractivity contribution in [1.82, 2.24) is 5.32 Å². The molecule has 0 radical (unpaired) electrons. The van der Waals surface area contributed by atoms with Gasteiger partial charge in [0.15, 0.2) is 17.2 Å². The van der Waals surface area contributed by atoms with E-state index in [-0.39, 0.29) is 12.1 Å². The number of benzene rings is 2. The number of methoxy groups -OCH3 is 3. The Labute approximate surface area is 168 Å². The zero-order chi connectivity index (χ0) is 20.8. The number of carbonyl (C=O) groups is 2. The second-order valence-corrected chi connectivity index (χ2v) is 7.10. The first-order chi connectivity index (χ1) is 13.9. The minimum absolute atomic E-state index is 0.280. The summed E-state index contributed by atoms with van der Waals surface area (Å²) in [6.07, 6.45) is 0.505. The van der Waals surface area contributed by atoms with E-state index in [1.165, 1.54) is 7.11 Å². The summed E-state index contributed by atoms with van der Waals surface area (Å²) in [5.74, 6) is 1.27. The Morgan fingerprint density at radius 1 is 1.14 bits per heavy atom. The molecule has 8 heteroatoms. The smallest absolute Gasteiger partial charge is 0.337 e. The maximum atomic E-state index is 13.0. The van der Waals surface area contributed by atoms with Crippen LogP contribution in [0.3, 0.4) is 0 Å². The molecule has 0 saturated carbocycles. The molecule has 2 aromatic rings. The van der Waals surface area contributed by atoms with Crippen molar-refractivity contribution in [2.45, 2.75) is 25.1 Å². The van der Waals surface area contributed by atoms with Crippen LogP contribution in [-0.4, -0.2) is 39.1 Å². The van der Waals surface area contributed by atoms with Gasteiger partial charge in [-0.25, -0.2) is 9.59 Å². The average Bonchev–Trinajstić information content (AvgIpc) is 2.72. The number of nitrogens with zero attached hydrogens (tertiary/aromatic N) is 1. The summed E-state index contributed by atoms with van der Waals surface area (Å²) < 4.78 is 21.7. The fourth-order valence-corrected chi connectivity index (χ4v) is 3.97. The van der Waals surface area contributed by atoms with E-state index in [0.29, 0.717) is 34.9 Å². The van der Waals surface area contributed by atoms with E-state index in [4.69, 9.17) is 18.9 Å². The van der Waals surface area contributed by atoms with E-state index < -0.39 is 11.7 Å². The Kier molecular flexibility index (Phi) is 4.49. The fraction of sp³-hybridized carbons (Fsp3) is 0.333. The molecule has 2 atom stereocenters. The molecule has 8 nitrogen and oxygen atoms in total. The number of nitrogens with one attached hydrogen (secondary N) is 1. The molecular weight excluding hydrogens is 376 g/mol. The van der Waals surface area contributed by atoms with Crippen molar-refractivity contribution in [2.75, 3.05) is 26.2 Å². The number of carbonyl (C=O) groups excluding carboxylic acids is 2. The average molecular weight is 398 g/mol. The van der Waals surface area contributed by atoms with Crippen molar-refractivity contribution >= 4 is 17.7 Å². The first-order valence-electron chi connectivity index (χ1n) is 9.14. The summed E-state index contributed by atoms with van der Waals surface area (Å²) in [6.45, 7) is 1.87. The van der Waals surface area contributed by atoms with Crippen LogP contribution in [0.4, 0.5) is 10.5 Å². The highest BCUT2D eigenvalue weighted by Gasteiger charge is 2.50. The van der Waals surface area contributed by atoms with Crippen molar-refractivity contribution in [3.05, 3.63) is 47.5 Å². The Morgan fingerprint density at radius 2 is 1.90 bits per heavy atom. The SMILES string of the molecule is COC(=O)c1ccc2c(c1)C1CC(C)(O2)N(c2ccc(OC)c(OC)c2)C(=O)N1. The van der Waals surface area contributed by atoms with Crippen LogP contribution in [-0.2, 0) is 4.74 Å². The van der Waals surface area contributed by atoms with Gasteiger partial charge in [0, 0.05) is 18.1 Å².